The van der Waals surface area contributed by atoms with E-state index in [2.05, 4.69) is 23.5 Å². The van der Waals surface area contributed by atoms with E-state index < -0.39 is 0 Å². The Morgan fingerprint density at radius 1 is 1.62 bits per heavy atom. The summed E-state index contributed by atoms with van der Waals surface area (Å²) in [7, 11) is 0. The van der Waals surface area contributed by atoms with Gasteiger partial charge in [-0.2, -0.15) is 0 Å². The summed E-state index contributed by atoms with van der Waals surface area (Å²) in [5.41, 5.74) is 1.22. The smallest absolute Gasteiger partial charge is 0.222 e. The predicted molar refractivity (Wildman–Crippen MR) is 56.4 cm³/mol. The van der Waals surface area contributed by atoms with Gasteiger partial charge in [0.15, 0.2) is 0 Å². The summed E-state index contributed by atoms with van der Waals surface area (Å²) in [6.07, 6.45) is 8.65. The first-order chi connectivity index (χ1) is 6.20. The van der Waals surface area contributed by atoms with Crippen LogP contribution in [0.1, 0.15) is 28.1 Å². The average Bonchev–Trinajstić information content (AvgIpc) is 2.15. The Labute approximate surface area is 81.2 Å². The number of hydrogen-bond acceptors (Lipinski definition) is 1. The highest BCUT2D eigenvalue weighted by atomic mass is 16.1. The highest BCUT2D eigenvalue weighted by Crippen LogP contribution is 2.08. The van der Waals surface area contributed by atoms with Gasteiger partial charge >= 0.3 is 0 Å². The second kappa shape index (κ2) is 4.85. The Balaban J connectivity index is 0.00000169. The maximum Gasteiger partial charge on any atom is 0.222 e. The third-order valence-electron chi connectivity index (χ3n) is 2.06. The number of hydrogen-bond donors (Lipinski definition) is 1. The van der Waals surface area contributed by atoms with Crippen LogP contribution in [0.25, 0.3) is 0 Å². The molecule has 13 heavy (non-hydrogen) atoms. The minimum atomic E-state index is 0. The van der Waals surface area contributed by atoms with E-state index in [-0.39, 0.29) is 13.3 Å². The summed E-state index contributed by atoms with van der Waals surface area (Å²) in [5.74, 6) is 0.202. The molecule has 0 heterocycles. The van der Waals surface area contributed by atoms with Crippen LogP contribution in [0.3, 0.4) is 0 Å². The van der Waals surface area contributed by atoms with Crippen LogP contribution in [-0.2, 0) is 4.79 Å². The summed E-state index contributed by atoms with van der Waals surface area (Å²) in [6, 6.07) is 0. The third-order valence-corrected chi connectivity index (χ3v) is 2.06. The Morgan fingerprint density at radius 3 is 2.92 bits per heavy atom. The Morgan fingerprint density at radius 2 is 2.38 bits per heavy atom. The highest BCUT2D eigenvalue weighted by Gasteiger charge is 2.06. The Kier molecular flexibility index (Phi) is 3.74. The molecule has 0 aromatic carbocycles. The molecule has 0 radical (unpaired) electrons. The van der Waals surface area contributed by atoms with Crippen LogP contribution in [0.15, 0.2) is 23.8 Å². The highest BCUT2D eigenvalue weighted by molar-refractivity contribution is 5.78. The number of rotatable bonds is 3. The van der Waals surface area contributed by atoms with Crippen LogP contribution in [-0.4, -0.2) is 12.5 Å². The molecule has 0 atom stereocenters. The molecule has 0 unspecified atom stereocenters. The summed E-state index contributed by atoms with van der Waals surface area (Å²) in [5, 5.41) is 2.89. The first kappa shape index (κ1) is 10.0. The number of nitrogens with one attached hydrogen (secondary N) is 1. The van der Waals surface area contributed by atoms with E-state index in [4.69, 9.17) is 0 Å². The van der Waals surface area contributed by atoms with Crippen molar-refractivity contribution in [3.8, 4) is 0 Å². The molecule has 0 aromatic rings. The maximum absolute atomic E-state index is 11.2. The zero-order valence-electron chi connectivity index (χ0n) is 8.34. The van der Waals surface area contributed by atoms with Crippen molar-refractivity contribution < 1.29 is 6.22 Å². The van der Waals surface area contributed by atoms with Gasteiger partial charge in [0, 0.05) is 13.9 Å². The zero-order chi connectivity index (χ0) is 9.68. The standard InChI is InChI=1S/C11H17NO.H2/c1-9(2)11(13)12-8-10-6-4-3-5-7-10;/h4,6-7,9H,3,5,8H2,1-2H3,(H,12,13);1H. The maximum atomic E-state index is 11.2. The molecule has 0 aliphatic heterocycles. The number of amides is 1. The molecule has 2 heteroatoms. The van der Waals surface area contributed by atoms with Gasteiger partial charge in [0.1, 0.15) is 0 Å². The Bertz CT molecular complexity index is 244. The molecule has 0 bridgehead atoms. The monoisotopic (exact) mass is 181 g/mol. The molecule has 2 nitrogen and oxygen atoms in total. The van der Waals surface area contributed by atoms with E-state index >= 15 is 0 Å². The van der Waals surface area contributed by atoms with Crippen LogP contribution in [0, 0.1) is 5.92 Å². The van der Waals surface area contributed by atoms with Crippen LogP contribution >= 0.6 is 0 Å². The summed E-state index contributed by atoms with van der Waals surface area (Å²) >= 11 is 0. The SMILES string of the molecule is CC(C)C(=O)NCC1=CCCC=C1.[HH]. The van der Waals surface area contributed by atoms with Gasteiger partial charge in [-0.15, -0.1) is 0 Å². The van der Waals surface area contributed by atoms with Crippen molar-refractivity contribution in [2.75, 3.05) is 6.54 Å². The van der Waals surface area contributed by atoms with Crippen molar-refractivity contribution in [2.45, 2.75) is 26.7 Å². The summed E-state index contributed by atoms with van der Waals surface area (Å²) in [6.45, 7) is 4.48. The minimum absolute atomic E-state index is 0. The van der Waals surface area contributed by atoms with Crippen molar-refractivity contribution in [3.63, 3.8) is 0 Å². The first-order valence-corrected chi connectivity index (χ1v) is 4.83. The average molecular weight is 181 g/mol. The molecule has 0 saturated heterocycles. The molecular weight excluding hydrogens is 162 g/mol. The van der Waals surface area contributed by atoms with Crippen LogP contribution < -0.4 is 5.32 Å². The third kappa shape index (κ3) is 3.45. The zero-order valence-corrected chi connectivity index (χ0v) is 8.34. The molecule has 1 amide bonds. The molecule has 0 aromatic heterocycles. The van der Waals surface area contributed by atoms with Gasteiger partial charge in [0.25, 0.3) is 0 Å². The van der Waals surface area contributed by atoms with Crippen LogP contribution in [0.5, 0.6) is 0 Å². The lowest BCUT2D eigenvalue weighted by Gasteiger charge is -2.10. The molecule has 1 N–H and O–H groups in total. The van der Waals surface area contributed by atoms with E-state index in [1.165, 1.54) is 5.57 Å². The van der Waals surface area contributed by atoms with Gasteiger partial charge in [-0.25, -0.2) is 0 Å². The van der Waals surface area contributed by atoms with Gasteiger partial charge in [-0.3, -0.25) is 4.79 Å². The molecule has 1 aliphatic carbocycles. The van der Waals surface area contributed by atoms with Crippen molar-refractivity contribution in [1.29, 1.82) is 0 Å². The van der Waals surface area contributed by atoms with E-state index in [0.717, 1.165) is 12.8 Å². The normalized spacial score (nSPS) is 15.8. The lowest BCUT2D eigenvalue weighted by Crippen LogP contribution is -2.29. The molecular formula is C11H19NO. The molecule has 0 saturated carbocycles. The van der Waals surface area contributed by atoms with Crippen LogP contribution in [0.4, 0.5) is 0 Å². The van der Waals surface area contributed by atoms with Gasteiger partial charge in [-0.05, 0) is 18.4 Å². The van der Waals surface area contributed by atoms with Gasteiger partial charge in [0.2, 0.25) is 5.91 Å². The fraction of sp³-hybridized carbons (Fsp3) is 0.545. The molecule has 0 fully saturated rings. The van der Waals surface area contributed by atoms with Crippen molar-refractivity contribution in [2.24, 2.45) is 5.92 Å². The van der Waals surface area contributed by atoms with E-state index in [0.29, 0.717) is 6.54 Å². The quantitative estimate of drug-likeness (QED) is 0.711. The number of carbonyl (C=O) groups is 1. The lowest BCUT2D eigenvalue weighted by molar-refractivity contribution is -0.123. The van der Waals surface area contributed by atoms with Gasteiger partial charge in [-0.1, -0.05) is 32.1 Å². The largest absolute Gasteiger partial charge is 0.352 e. The first-order valence-electron chi connectivity index (χ1n) is 4.83. The van der Waals surface area contributed by atoms with Crippen molar-refractivity contribution >= 4 is 5.91 Å². The van der Waals surface area contributed by atoms with Crippen molar-refractivity contribution in [1.82, 2.24) is 5.32 Å². The van der Waals surface area contributed by atoms with E-state index in [1.54, 1.807) is 0 Å². The second-order valence-electron chi connectivity index (χ2n) is 3.63. The lowest BCUT2D eigenvalue weighted by atomic mass is 10.1. The van der Waals surface area contributed by atoms with Crippen molar-refractivity contribution in [3.05, 3.63) is 23.8 Å². The van der Waals surface area contributed by atoms with E-state index in [9.17, 15) is 4.79 Å². The fourth-order valence-electron chi connectivity index (χ4n) is 1.19. The van der Waals surface area contributed by atoms with Gasteiger partial charge < -0.3 is 5.32 Å². The number of carbonyl (C=O) groups excluding carboxylic acids is 1. The van der Waals surface area contributed by atoms with E-state index in [1.807, 2.05) is 13.8 Å². The summed E-state index contributed by atoms with van der Waals surface area (Å²) in [4.78, 5) is 11.2. The molecule has 1 rings (SSSR count). The minimum Gasteiger partial charge on any atom is -0.352 e. The topological polar surface area (TPSA) is 29.1 Å². The number of allylic oxidation sites excluding steroid dienone is 2. The Hall–Kier alpha value is -1.05. The molecule has 74 valence electrons. The molecule has 0 spiro atoms. The predicted octanol–water partition coefficient (Wildman–Crippen LogP) is 2.28. The fourth-order valence-corrected chi connectivity index (χ4v) is 1.19. The summed E-state index contributed by atoms with van der Waals surface area (Å²) < 4.78 is 0. The molecule has 1 aliphatic rings. The van der Waals surface area contributed by atoms with Gasteiger partial charge in [0.05, 0.1) is 0 Å². The second-order valence-corrected chi connectivity index (χ2v) is 3.63. The van der Waals surface area contributed by atoms with Crippen LogP contribution in [0.2, 0.25) is 0 Å².